The molecule has 0 fully saturated rings. The largest absolute Gasteiger partial charge is 0.460 e. The van der Waals surface area contributed by atoms with Crippen LogP contribution in [0.2, 0.25) is 0 Å². The van der Waals surface area contributed by atoms with E-state index in [4.69, 9.17) is 9.47 Å². The fraction of sp³-hybridized carbons (Fsp3) is 0.625. The molecule has 0 aliphatic heterocycles. The standard InChI is InChI=1S/C8H14O3/c1-6(2)11-8(9)7(3)5-10-4/h6H,3,5H2,1-2,4H3. The van der Waals surface area contributed by atoms with Crippen LogP contribution in [0.1, 0.15) is 13.8 Å². The summed E-state index contributed by atoms with van der Waals surface area (Å²) in [5.41, 5.74) is 0.348. The zero-order valence-electron chi connectivity index (χ0n) is 7.22. The van der Waals surface area contributed by atoms with Crippen LogP contribution < -0.4 is 0 Å². The number of esters is 1. The maximum atomic E-state index is 10.9. The van der Waals surface area contributed by atoms with Gasteiger partial charge in [-0.05, 0) is 13.8 Å². The Morgan fingerprint density at radius 1 is 1.55 bits per heavy atom. The number of carbonyl (C=O) groups excluding carboxylic acids is 1. The van der Waals surface area contributed by atoms with Crippen LogP contribution in [0.5, 0.6) is 0 Å². The second-order valence-corrected chi connectivity index (χ2v) is 2.49. The summed E-state index contributed by atoms with van der Waals surface area (Å²) >= 11 is 0. The van der Waals surface area contributed by atoms with Crippen molar-refractivity contribution in [3.63, 3.8) is 0 Å². The van der Waals surface area contributed by atoms with Crippen LogP contribution in [0.4, 0.5) is 0 Å². The molecule has 0 aliphatic carbocycles. The molecule has 0 rings (SSSR count). The molecule has 0 unspecified atom stereocenters. The highest BCUT2D eigenvalue weighted by atomic mass is 16.5. The SMILES string of the molecule is C=C(COC)C(=O)OC(C)C. The molecule has 3 heteroatoms. The predicted octanol–water partition coefficient (Wildman–Crippen LogP) is 1.14. The number of carbonyl (C=O) groups is 1. The molecule has 0 aromatic carbocycles. The summed E-state index contributed by atoms with van der Waals surface area (Å²) in [6, 6.07) is 0. The van der Waals surface area contributed by atoms with Crippen LogP contribution in [0.3, 0.4) is 0 Å². The molecule has 0 amide bonds. The van der Waals surface area contributed by atoms with Crippen molar-refractivity contribution in [2.75, 3.05) is 13.7 Å². The number of rotatable bonds is 4. The fourth-order valence-corrected chi connectivity index (χ4v) is 0.531. The topological polar surface area (TPSA) is 35.5 Å². The van der Waals surface area contributed by atoms with Gasteiger partial charge in [-0.15, -0.1) is 0 Å². The van der Waals surface area contributed by atoms with E-state index in [2.05, 4.69) is 6.58 Å². The van der Waals surface area contributed by atoms with Gasteiger partial charge in [-0.3, -0.25) is 0 Å². The number of hydrogen-bond acceptors (Lipinski definition) is 3. The first-order valence-corrected chi connectivity index (χ1v) is 3.45. The molecular weight excluding hydrogens is 144 g/mol. The Hall–Kier alpha value is -0.830. The van der Waals surface area contributed by atoms with E-state index in [-0.39, 0.29) is 18.7 Å². The van der Waals surface area contributed by atoms with E-state index in [1.165, 1.54) is 7.11 Å². The van der Waals surface area contributed by atoms with E-state index in [1.54, 1.807) is 13.8 Å². The highest BCUT2D eigenvalue weighted by Crippen LogP contribution is 1.98. The van der Waals surface area contributed by atoms with Gasteiger partial charge in [0, 0.05) is 7.11 Å². The molecule has 0 heterocycles. The first-order valence-electron chi connectivity index (χ1n) is 3.45. The molecule has 0 aromatic heterocycles. The van der Waals surface area contributed by atoms with Crippen molar-refractivity contribution in [2.45, 2.75) is 20.0 Å². The summed E-state index contributed by atoms with van der Waals surface area (Å²) in [7, 11) is 1.51. The summed E-state index contributed by atoms with van der Waals surface area (Å²) in [5, 5.41) is 0. The smallest absolute Gasteiger partial charge is 0.336 e. The first-order chi connectivity index (χ1) is 5.07. The van der Waals surface area contributed by atoms with Crippen LogP contribution in [0.25, 0.3) is 0 Å². The van der Waals surface area contributed by atoms with E-state index in [1.807, 2.05) is 0 Å². The second kappa shape index (κ2) is 4.91. The Morgan fingerprint density at radius 3 is 2.45 bits per heavy atom. The summed E-state index contributed by atoms with van der Waals surface area (Å²) < 4.78 is 9.55. The van der Waals surface area contributed by atoms with Gasteiger partial charge in [0.05, 0.1) is 18.3 Å². The lowest BCUT2D eigenvalue weighted by Gasteiger charge is -2.08. The highest BCUT2D eigenvalue weighted by molar-refractivity contribution is 5.88. The van der Waals surface area contributed by atoms with Gasteiger partial charge < -0.3 is 9.47 Å². The molecule has 64 valence electrons. The van der Waals surface area contributed by atoms with Crippen molar-refractivity contribution in [1.29, 1.82) is 0 Å². The molecule has 0 aromatic rings. The fourth-order valence-electron chi connectivity index (χ4n) is 0.531. The van der Waals surface area contributed by atoms with Crippen LogP contribution in [-0.2, 0) is 14.3 Å². The molecule has 0 aliphatic rings. The predicted molar refractivity (Wildman–Crippen MR) is 42.2 cm³/mol. The van der Waals surface area contributed by atoms with Crippen molar-refractivity contribution >= 4 is 5.97 Å². The molecule has 0 saturated carbocycles. The minimum absolute atomic E-state index is 0.101. The highest BCUT2D eigenvalue weighted by Gasteiger charge is 2.08. The molecule has 0 spiro atoms. The van der Waals surface area contributed by atoms with Crippen LogP contribution in [0, 0.1) is 0 Å². The van der Waals surface area contributed by atoms with Gasteiger partial charge in [0.2, 0.25) is 0 Å². The molecule has 0 radical (unpaired) electrons. The first kappa shape index (κ1) is 10.2. The summed E-state index contributed by atoms with van der Waals surface area (Å²) in [6.07, 6.45) is -0.101. The van der Waals surface area contributed by atoms with Gasteiger partial charge in [0.15, 0.2) is 0 Å². The lowest BCUT2D eigenvalue weighted by atomic mass is 10.3. The third-order valence-corrected chi connectivity index (χ3v) is 0.950. The summed E-state index contributed by atoms with van der Waals surface area (Å²) in [4.78, 5) is 10.9. The van der Waals surface area contributed by atoms with Crippen LogP contribution in [-0.4, -0.2) is 25.8 Å². The lowest BCUT2D eigenvalue weighted by molar-refractivity contribution is -0.143. The Labute approximate surface area is 67.0 Å². The van der Waals surface area contributed by atoms with E-state index in [9.17, 15) is 4.79 Å². The zero-order valence-corrected chi connectivity index (χ0v) is 7.22. The maximum Gasteiger partial charge on any atom is 0.336 e. The van der Waals surface area contributed by atoms with Crippen molar-refractivity contribution in [3.8, 4) is 0 Å². The Morgan fingerprint density at radius 2 is 2.09 bits per heavy atom. The van der Waals surface area contributed by atoms with Gasteiger partial charge in [0.1, 0.15) is 0 Å². The molecule has 0 bridgehead atoms. The minimum atomic E-state index is -0.387. The molecule has 0 saturated heterocycles. The van der Waals surface area contributed by atoms with Gasteiger partial charge in [-0.25, -0.2) is 4.79 Å². The average Bonchev–Trinajstić information content (AvgIpc) is 1.86. The molecular formula is C8H14O3. The van der Waals surface area contributed by atoms with Crippen LogP contribution >= 0.6 is 0 Å². The van der Waals surface area contributed by atoms with Crippen molar-refractivity contribution in [2.24, 2.45) is 0 Å². The third-order valence-electron chi connectivity index (χ3n) is 0.950. The van der Waals surface area contributed by atoms with E-state index in [0.29, 0.717) is 5.57 Å². The quantitative estimate of drug-likeness (QED) is 0.454. The zero-order chi connectivity index (χ0) is 8.85. The summed E-state index contributed by atoms with van der Waals surface area (Å²) in [5.74, 6) is -0.387. The van der Waals surface area contributed by atoms with Gasteiger partial charge in [-0.1, -0.05) is 6.58 Å². The molecule has 3 nitrogen and oxygen atoms in total. The van der Waals surface area contributed by atoms with E-state index in [0.717, 1.165) is 0 Å². The maximum absolute atomic E-state index is 10.9. The Kier molecular flexibility index (Phi) is 4.54. The van der Waals surface area contributed by atoms with Crippen molar-refractivity contribution in [1.82, 2.24) is 0 Å². The molecule has 11 heavy (non-hydrogen) atoms. The monoisotopic (exact) mass is 158 g/mol. The normalized spacial score (nSPS) is 9.82. The van der Waals surface area contributed by atoms with Crippen molar-refractivity contribution in [3.05, 3.63) is 12.2 Å². The lowest BCUT2D eigenvalue weighted by Crippen LogP contribution is -2.15. The third kappa shape index (κ3) is 4.56. The molecule has 0 atom stereocenters. The second-order valence-electron chi connectivity index (χ2n) is 2.49. The van der Waals surface area contributed by atoms with E-state index >= 15 is 0 Å². The Balaban J connectivity index is 3.74. The number of ether oxygens (including phenoxy) is 2. The minimum Gasteiger partial charge on any atom is -0.460 e. The average molecular weight is 158 g/mol. The number of hydrogen-bond donors (Lipinski definition) is 0. The van der Waals surface area contributed by atoms with Gasteiger partial charge in [0.25, 0.3) is 0 Å². The van der Waals surface area contributed by atoms with Crippen molar-refractivity contribution < 1.29 is 14.3 Å². The molecule has 0 N–H and O–H groups in total. The number of methoxy groups -OCH3 is 1. The van der Waals surface area contributed by atoms with Gasteiger partial charge in [-0.2, -0.15) is 0 Å². The Bertz CT molecular complexity index is 149. The summed E-state index contributed by atoms with van der Waals surface area (Å²) in [6.45, 7) is 7.30. The van der Waals surface area contributed by atoms with Crippen LogP contribution in [0.15, 0.2) is 12.2 Å². The van der Waals surface area contributed by atoms with Gasteiger partial charge >= 0.3 is 5.97 Å². The van der Waals surface area contributed by atoms with E-state index < -0.39 is 0 Å².